The Morgan fingerprint density at radius 1 is 1.07 bits per heavy atom. The first kappa shape index (κ1) is 23.2. The van der Waals surface area contributed by atoms with Crippen LogP contribution in [0, 0.1) is 0 Å². The molecule has 0 spiro atoms. The molecule has 1 aliphatic rings. The summed E-state index contributed by atoms with van der Waals surface area (Å²) < 4.78 is 20.3. The molecule has 4 nitrogen and oxygen atoms in total. The summed E-state index contributed by atoms with van der Waals surface area (Å²) in [7, 11) is 0. The number of hydrogen-bond donors (Lipinski definition) is 0. The Kier molecular flexibility index (Phi) is 11.4. The molecule has 1 atom stereocenters. The van der Waals surface area contributed by atoms with Crippen LogP contribution < -0.4 is 3.71 Å². The van der Waals surface area contributed by atoms with Crippen LogP contribution in [0.1, 0.15) is 78.6 Å². The third kappa shape index (κ3) is 7.35. The van der Waals surface area contributed by atoms with Crippen molar-refractivity contribution in [2.24, 2.45) is 0 Å². The second kappa shape index (κ2) is 13.2. The number of ether oxygens (including phenoxy) is 2. The van der Waals surface area contributed by atoms with Gasteiger partial charge in [0.1, 0.15) is 0 Å². The molecule has 0 N–H and O–H groups in total. The van der Waals surface area contributed by atoms with Crippen molar-refractivity contribution in [3.05, 3.63) is 12.5 Å². The zero-order valence-corrected chi connectivity index (χ0v) is 20.9. The van der Waals surface area contributed by atoms with Crippen LogP contribution in [0.25, 0.3) is 0 Å². The SMILES string of the molecule is CCC[CH2][Sn]([CH2]CCC)([CH2]CCC)[c]1cncn1CCOC1CCCCO1. The van der Waals surface area contributed by atoms with Gasteiger partial charge in [-0.25, -0.2) is 0 Å². The number of hydrogen-bond acceptors (Lipinski definition) is 3. The van der Waals surface area contributed by atoms with Gasteiger partial charge in [-0.2, -0.15) is 0 Å². The van der Waals surface area contributed by atoms with Gasteiger partial charge in [-0.1, -0.05) is 0 Å². The van der Waals surface area contributed by atoms with E-state index in [1.165, 1.54) is 64.7 Å². The zero-order chi connectivity index (χ0) is 19.4. The molecule has 0 bridgehead atoms. The van der Waals surface area contributed by atoms with Gasteiger partial charge in [-0.3, -0.25) is 0 Å². The van der Waals surface area contributed by atoms with Crippen LogP contribution in [-0.2, 0) is 16.0 Å². The summed E-state index contributed by atoms with van der Waals surface area (Å²) in [4.78, 5) is 4.61. The Balaban J connectivity index is 2.07. The number of unbranched alkanes of at least 4 members (excludes halogenated alkanes) is 3. The zero-order valence-electron chi connectivity index (χ0n) is 18.0. The van der Waals surface area contributed by atoms with E-state index in [9.17, 15) is 0 Å². The molecule has 2 rings (SSSR count). The Hall–Kier alpha value is -0.0713. The van der Waals surface area contributed by atoms with Gasteiger partial charge in [0.05, 0.1) is 0 Å². The summed E-state index contributed by atoms with van der Waals surface area (Å²) in [5.74, 6) is 0. The average molecular weight is 485 g/mol. The van der Waals surface area contributed by atoms with Crippen LogP contribution in [0.3, 0.4) is 0 Å². The maximum absolute atomic E-state index is 6.02. The summed E-state index contributed by atoms with van der Waals surface area (Å²) in [5.41, 5.74) is 0. The molecule has 1 unspecified atom stereocenters. The molecule has 1 fully saturated rings. The molecule has 27 heavy (non-hydrogen) atoms. The van der Waals surface area contributed by atoms with Crippen LogP contribution in [0.4, 0.5) is 0 Å². The fraction of sp³-hybridized carbons (Fsp3) is 0.864. The van der Waals surface area contributed by atoms with Gasteiger partial charge in [0.25, 0.3) is 0 Å². The van der Waals surface area contributed by atoms with Crippen molar-refractivity contribution in [2.75, 3.05) is 13.2 Å². The van der Waals surface area contributed by atoms with E-state index in [-0.39, 0.29) is 6.29 Å². The predicted molar refractivity (Wildman–Crippen MR) is 116 cm³/mol. The standard InChI is InChI=1S/C10H15N2O2.3C4H9.Sn/c1-2-7-13-10(3-1)14-8-6-12-5-4-11-9-12;3*1-3-4-2;/h4,9-10H,1-3,6-8H2;3*1,3-4H2,2H3;. The van der Waals surface area contributed by atoms with Crippen molar-refractivity contribution < 1.29 is 9.47 Å². The van der Waals surface area contributed by atoms with Crippen LogP contribution in [0.15, 0.2) is 12.5 Å². The van der Waals surface area contributed by atoms with Gasteiger partial charge in [0.15, 0.2) is 0 Å². The molecule has 0 saturated carbocycles. The van der Waals surface area contributed by atoms with Gasteiger partial charge < -0.3 is 0 Å². The minimum absolute atomic E-state index is 0.0132. The van der Waals surface area contributed by atoms with Crippen molar-refractivity contribution in [3.8, 4) is 0 Å². The van der Waals surface area contributed by atoms with Crippen molar-refractivity contribution >= 4 is 22.1 Å². The molecule has 0 aromatic carbocycles. The van der Waals surface area contributed by atoms with E-state index in [4.69, 9.17) is 9.47 Å². The predicted octanol–water partition coefficient (Wildman–Crippen LogP) is 5.48. The first-order valence-electron chi connectivity index (χ1n) is 11.5. The van der Waals surface area contributed by atoms with Crippen molar-refractivity contribution in [2.45, 2.75) is 105 Å². The van der Waals surface area contributed by atoms with E-state index < -0.39 is 18.4 Å². The fourth-order valence-corrected chi connectivity index (χ4v) is 20.7. The molecule has 0 amide bonds. The molecule has 1 aliphatic heterocycles. The molecule has 1 aromatic rings. The van der Waals surface area contributed by atoms with E-state index in [0.29, 0.717) is 0 Å². The van der Waals surface area contributed by atoms with Crippen LogP contribution in [-0.4, -0.2) is 47.4 Å². The normalized spacial score (nSPS) is 18.1. The summed E-state index contributed by atoms with van der Waals surface area (Å²) in [6.45, 7) is 9.54. The van der Waals surface area contributed by atoms with Crippen molar-refractivity contribution in [3.63, 3.8) is 0 Å². The Labute approximate surface area is 171 Å². The second-order valence-corrected chi connectivity index (χ2v) is 21.3. The topological polar surface area (TPSA) is 36.3 Å². The summed E-state index contributed by atoms with van der Waals surface area (Å²) in [6, 6.07) is 0. The summed E-state index contributed by atoms with van der Waals surface area (Å²) in [6.07, 6.45) is 15.9. The van der Waals surface area contributed by atoms with Crippen LogP contribution in [0.5, 0.6) is 0 Å². The summed E-state index contributed by atoms with van der Waals surface area (Å²) in [5, 5.41) is 0. The Morgan fingerprint density at radius 3 is 2.30 bits per heavy atom. The van der Waals surface area contributed by atoms with E-state index in [1.54, 1.807) is 3.71 Å². The van der Waals surface area contributed by atoms with E-state index in [2.05, 4.69) is 42.8 Å². The average Bonchev–Trinajstić information content (AvgIpc) is 3.18. The second-order valence-electron chi connectivity index (χ2n) is 8.23. The van der Waals surface area contributed by atoms with Gasteiger partial charge >= 0.3 is 172 Å². The molecule has 1 saturated heterocycles. The van der Waals surface area contributed by atoms with E-state index in [0.717, 1.165) is 26.2 Å². The quantitative estimate of drug-likeness (QED) is 0.328. The van der Waals surface area contributed by atoms with E-state index >= 15 is 0 Å². The fourth-order valence-electron chi connectivity index (χ4n) is 4.37. The maximum atomic E-state index is 6.02. The monoisotopic (exact) mass is 486 g/mol. The first-order valence-corrected chi connectivity index (χ1v) is 19.0. The number of nitrogens with zero attached hydrogens (tertiary/aromatic N) is 2. The molecule has 0 aliphatic carbocycles. The molecular formula is C22H42N2O2Sn. The molecule has 2 heterocycles. The number of rotatable bonds is 14. The third-order valence-corrected chi connectivity index (χ3v) is 21.6. The Morgan fingerprint density at radius 2 is 1.74 bits per heavy atom. The molecule has 1 aromatic heterocycles. The molecular weight excluding hydrogens is 443 g/mol. The van der Waals surface area contributed by atoms with E-state index in [1.807, 2.05) is 0 Å². The summed E-state index contributed by atoms with van der Waals surface area (Å²) >= 11 is -2.41. The van der Waals surface area contributed by atoms with Gasteiger partial charge in [0, 0.05) is 0 Å². The number of imidazole rings is 1. The van der Waals surface area contributed by atoms with Crippen LogP contribution >= 0.6 is 0 Å². The van der Waals surface area contributed by atoms with Gasteiger partial charge in [-0.15, -0.1) is 0 Å². The minimum atomic E-state index is -2.41. The van der Waals surface area contributed by atoms with Crippen LogP contribution in [0.2, 0.25) is 13.3 Å². The molecule has 0 radical (unpaired) electrons. The molecule has 5 heteroatoms. The first-order chi connectivity index (χ1) is 13.3. The third-order valence-electron chi connectivity index (χ3n) is 6.06. The number of aromatic nitrogens is 2. The Bertz CT molecular complexity index is 478. The van der Waals surface area contributed by atoms with Gasteiger partial charge in [-0.05, 0) is 0 Å². The van der Waals surface area contributed by atoms with Gasteiger partial charge in [0.2, 0.25) is 0 Å². The van der Waals surface area contributed by atoms with Crippen molar-refractivity contribution in [1.82, 2.24) is 9.55 Å². The van der Waals surface area contributed by atoms with Crippen molar-refractivity contribution in [1.29, 1.82) is 0 Å². The molecule has 156 valence electrons.